The standard InChI is InChI=1S/C24H23ClFN3/c1-16-17(2)29(24-15-27-12-11-23(16)24)28-22(13-18-3-7-20(25)8-4-18)14-19-5-9-21(26)10-6-19/h3-12,15,22,28H,13-14H2,1-2H3. The van der Waals surface area contributed by atoms with Crippen molar-refractivity contribution < 1.29 is 4.39 Å². The van der Waals surface area contributed by atoms with E-state index in [1.54, 1.807) is 0 Å². The molecule has 1 N–H and O–H groups in total. The van der Waals surface area contributed by atoms with Gasteiger partial charge in [-0.3, -0.25) is 9.66 Å². The van der Waals surface area contributed by atoms with Crippen LogP contribution in [0.1, 0.15) is 22.4 Å². The molecule has 0 aliphatic carbocycles. The lowest BCUT2D eigenvalue weighted by Gasteiger charge is -2.23. The number of benzene rings is 2. The third-order valence-corrected chi connectivity index (χ3v) is 5.68. The van der Waals surface area contributed by atoms with Crippen molar-refractivity contribution in [2.45, 2.75) is 32.7 Å². The van der Waals surface area contributed by atoms with E-state index >= 15 is 0 Å². The molecule has 148 valence electrons. The maximum Gasteiger partial charge on any atom is 0.123 e. The van der Waals surface area contributed by atoms with E-state index in [9.17, 15) is 4.39 Å². The second-order valence-corrected chi connectivity index (χ2v) is 7.86. The Kier molecular flexibility index (Phi) is 5.54. The van der Waals surface area contributed by atoms with E-state index in [4.69, 9.17) is 11.6 Å². The van der Waals surface area contributed by atoms with Crippen molar-refractivity contribution >= 4 is 22.5 Å². The minimum Gasteiger partial charge on any atom is -0.322 e. The van der Waals surface area contributed by atoms with Gasteiger partial charge in [0, 0.05) is 22.3 Å². The van der Waals surface area contributed by atoms with Crippen LogP contribution in [-0.2, 0) is 12.8 Å². The topological polar surface area (TPSA) is 29.9 Å². The molecule has 2 aromatic carbocycles. The zero-order valence-electron chi connectivity index (χ0n) is 16.5. The molecular formula is C24H23ClFN3. The van der Waals surface area contributed by atoms with Crippen LogP contribution < -0.4 is 5.43 Å². The molecule has 0 saturated heterocycles. The van der Waals surface area contributed by atoms with Gasteiger partial charge in [0.1, 0.15) is 5.82 Å². The predicted octanol–water partition coefficient (Wildman–Crippen LogP) is 5.84. The van der Waals surface area contributed by atoms with Gasteiger partial charge < -0.3 is 5.43 Å². The molecule has 0 amide bonds. The Morgan fingerprint density at radius 3 is 2.24 bits per heavy atom. The summed E-state index contributed by atoms with van der Waals surface area (Å²) in [6.45, 7) is 4.24. The van der Waals surface area contributed by atoms with Crippen LogP contribution >= 0.6 is 11.6 Å². The first kappa shape index (κ1) is 19.5. The molecule has 0 bridgehead atoms. The summed E-state index contributed by atoms with van der Waals surface area (Å²) in [5.74, 6) is -0.218. The molecule has 4 aromatic rings. The van der Waals surface area contributed by atoms with Crippen molar-refractivity contribution in [1.82, 2.24) is 9.66 Å². The Balaban J connectivity index is 1.67. The maximum absolute atomic E-state index is 13.3. The molecule has 0 saturated carbocycles. The summed E-state index contributed by atoms with van der Waals surface area (Å²) in [6.07, 6.45) is 5.29. The van der Waals surface area contributed by atoms with Gasteiger partial charge in [-0.05, 0) is 73.7 Å². The van der Waals surface area contributed by atoms with E-state index < -0.39 is 0 Å². The van der Waals surface area contributed by atoms with Gasteiger partial charge in [-0.2, -0.15) is 0 Å². The fourth-order valence-electron chi connectivity index (χ4n) is 3.75. The van der Waals surface area contributed by atoms with Crippen LogP contribution in [0.5, 0.6) is 0 Å². The van der Waals surface area contributed by atoms with E-state index in [-0.39, 0.29) is 11.9 Å². The number of hydrogen-bond donors (Lipinski definition) is 1. The van der Waals surface area contributed by atoms with E-state index in [0.717, 1.165) is 34.6 Å². The van der Waals surface area contributed by atoms with Crippen molar-refractivity contribution in [3.63, 3.8) is 0 Å². The molecule has 0 radical (unpaired) electrons. The second-order valence-electron chi connectivity index (χ2n) is 7.43. The van der Waals surface area contributed by atoms with Gasteiger partial charge in [-0.1, -0.05) is 35.9 Å². The molecule has 4 rings (SSSR count). The van der Waals surface area contributed by atoms with E-state index in [1.807, 2.05) is 42.7 Å². The Morgan fingerprint density at radius 1 is 0.966 bits per heavy atom. The van der Waals surface area contributed by atoms with Gasteiger partial charge >= 0.3 is 0 Å². The fourth-order valence-corrected chi connectivity index (χ4v) is 3.87. The average molecular weight is 408 g/mol. The third kappa shape index (κ3) is 4.28. The summed E-state index contributed by atoms with van der Waals surface area (Å²) in [4.78, 5) is 4.31. The highest BCUT2D eigenvalue weighted by Crippen LogP contribution is 2.24. The van der Waals surface area contributed by atoms with Gasteiger partial charge in [-0.25, -0.2) is 4.39 Å². The second kappa shape index (κ2) is 8.26. The first-order valence-corrected chi connectivity index (χ1v) is 10.1. The predicted molar refractivity (Wildman–Crippen MR) is 118 cm³/mol. The van der Waals surface area contributed by atoms with Crippen molar-refractivity contribution in [2.24, 2.45) is 0 Å². The van der Waals surface area contributed by atoms with Crippen LogP contribution in [-0.4, -0.2) is 15.7 Å². The Labute approximate surface area is 175 Å². The molecule has 3 nitrogen and oxygen atoms in total. The molecule has 1 unspecified atom stereocenters. The van der Waals surface area contributed by atoms with Crippen LogP contribution in [0.3, 0.4) is 0 Å². The molecule has 29 heavy (non-hydrogen) atoms. The Bertz CT molecular complexity index is 1070. The van der Waals surface area contributed by atoms with Gasteiger partial charge in [0.15, 0.2) is 0 Å². The number of aryl methyl sites for hydroxylation is 1. The number of nitrogens with zero attached hydrogens (tertiary/aromatic N) is 2. The lowest BCUT2D eigenvalue weighted by Crippen LogP contribution is -2.32. The molecule has 0 spiro atoms. The monoisotopic (exact) mass is 407 g/mol. The molecule has 0 fully saturated rings. The number of fused-ring (bicyclic) bond motifs is 1. The summed E-state index contributed by atoms with van der Waals surface area (Å²) in [5, 5.41) is 1.92. The van der Waals surface area contributed by atoms with Crippen molar-refractivity contribution in [3.05, 3.63) is 100 Å². The number of halogens is 2. The molecule has 5 heteroatoms. The van der Waals surface area contributed by atoms with Crippen LogP contribution in [0.4, 0.5) is 4.39 Å². The average Bonchev–Trinajstić information content (AvgIpc) is 2.96. The third-order valence-electron chi connectivity index (χ3n) is 5.43. The van der Waals surface area contributed by atoms with Crippen LogP contribution in [0.25, 0.3) is 10.9 Å². The molecule has 1 atom stereocenters. The minimum atomic E-state index is -0.218. The molecule has 0 aliphatic heterocycles. The van der Waals surface area contributed by atoms with Crippen LogP contribution in [0.2, 0.25) is 5.02 Å². The molecule has 2 heterocycles. The molecule has 0 aliphatic rings. The summed E-state index contributed by atoms with van der Waals surface area (Å²) in [7, 11) is 0. The van der Waals surface area contributed by atoms with Crippen molar-refractivity contribution in [2.75, 3.05) is 5.43 Å². The maximum atomic E-state index is 13.3. The Hall–Kier alpha value is -2.85. The van der Waals surface area contributed by atoms with E-state index in [1.165, 1.54) is 28.6 Å². The quantitative estimate of drug-likeness (QED) is 0.435. The zero-order valence-corrected chi connectivity index (χ0v) is 17.2. The highest BCUT2D eigenvalue weighted by Gasteiger charge is 2.16. The van der Waals surface area contributed by atoms with Gasteiger partial charge in [0.2, 0.25) is 0 Å². The highest BCUT2D eigenvalue weighted by molar-refractivity contribution is 6.30. The fraction of sp³-hybridized carbons (Fsp3) is 0.208. The molecular weight excluding hydrogens is 385 g/mol. The lowest BCUT2D eigenvalue weighted by molar-refractivity contribution is 0.617. The smallest absolute Gasteiger partial charge is 0.123 e. The minimum absolute atomic E-state index is 0.107. The number of nitrogens with one attached hydrogen (secondary N) is 1. The SMILES string of the molecule is Cc1c(C)n(NC(Cc2ccc(F)cc2)Cc2ccc(Cl)cc2)c2cnccc12. The lowest BCUT2D eigenvalue weighted by atomic mass is 9.99. The van der Waals surface area contributed by atoms with Gasteiger partial charge in [-0.15, -0.1) is 0 Å². The zero-order chi connectivity index (χ0) is 20.4. The van der Waals surface area contributed by atoms with Gasteiger partial charge in [0.25, 0.3) is 0 Å². The number of pyridine rings is 1. The van der Waals surface area contributed by atoms with Crippen molar-refractivity contribution in [1.29, 1.82) is 0 Å². The van der Waals surface area contributed by atoms with Crippen LogP contribution in [0, 0.1) is 19.7 Å². The van der Waals surface area contributed by atoms with E-state index in [2.05, 4.69) is 41.1 Å². The van der Waals surface area contributed by atoms with Gasteiger partial charge in [0.05, 0.1) is 17.8 Å². The first-order valence-electron chi connectivity index (χ1n) is 9.68. The Morgan fingerprint density at radius 2 is 1.59 bits per heavy atom. The molecule has 2 aromatic heterocycles. The largest absolute Gasteiger partial charge is 0.322 e. The first-order chi connectivity index (χ1) is 14.0. The number of hydrogen-bond acceptors (Lipinski definition) is 2. The normalized spacial score (nSPS) is 12.3. The summed E-state index contributed by atoms with van der Waals surface area (Å²) in [6, 6.07) is 16.8. The summed E-state index contributed by atoms with van der Waals surface area (Å²) < 4.78 is 15.5. The number of rotatable bonds is 6. The highest BCUT2D eigenvalue weighted by atomic mass is 35.5. The van der Waals surface area contributed by atoms with E-state index in [0.29, 0.717) is 0 Å². The summed E-state index contributed by atoms with van der Waals surface area (Å²) in [5.41, 5.74) is 9.42. The summed E-state index contributed by atoms with van der Waals surface area (Å²) >= 11 is 6.05. The number of aromatic nitrogens is 2. The van der Waals surface area contributed by atoms with Crippen molar-refractivity contribution in [3.8, 4) is 0 Å². The van der Waals surface area contributed by atoms with Crippen LogP contribution in [0.15, 0.2) is 67.0 Å².